The fourth-order valence-electron chi connectivity index (χ4n) is 1.82. The standard InChI is InChI=1S/C13H8ClNO3/c14-10-12(17)9(16)6-8-11(15-18-13(8)10)7-4-2-1-3-5-7/h1-6,16-17H. The minimum atomic E-state index is -0.403. The predicted octanol–water partition coefficient (Wildman–Crippen LogP) is 3.56. The summed E-state index contributed by atoms with van der Waals surface area (Å²) in [5.74, 6) is -0.701. The molecule has 3 aromatic rings. The summed E-state index contributed by atoms with van der Waals surface area (Å²) in [5, 5.41) is 23.5. The topological polar surface area (TPSA) is 66.5 Å². The van der Waals surface area contributed by atoms with Crippen molar-refractivity contribution in [3.05, 3.63) is 41.4 Å². The molecule has 0 atom stereocenters. The van der Waals surface area contributed by atoms with Gasteiger partial charge in [0.25, 0.3) is 0 Å². The van der Waals surface area contributed by atoms with Gasteiger partial charge in [0.2, 0.25) is 0 Å². The van der Waals surface area contributed by atoms with E-state index in [0.717, 1.165) is 5.56 Å². The SMILES string of the molecule is Oc1cc2c(-c3ccccc3)noc2c(Cl)c1O. The second kappa shape index (κ2) is 3.92. The number of nitrogens with zero attached hydrogens (tertiary/aromatic N) is 1. The van der Waals surface area contributed by atoms with Crippen LogP contribution in [-0.2, 0) is 0 Å². The highest BCUT2D eigenvalue weighted by molar-refractivity contribution is 6.37. The molecule has 90 valence electrons. The molecule has 0 bridgehead atoms. The third-order valence-corrected chi connectivity index (χ3v) is 3.06. The molecule has 4 nitrogen and oxygen atoms in total. The van der Waals surface area contributed by atoms with Gasteiger partial charge in [-0.05, 0) is 6.07 Å². The fraction of sp³-hybridized carbons (Fsp3) is 0. The van der Waals surface area contributed by atoms with Crippen molar-refractivity contribution in [2.24, 2.45) is 0 Å². The monoisotopic (exact) mass is 261 g/mol. The zero-order chi connectivity index (χ0) is 12.7. The first-order chi connectivity index (χ1) is 8.68. The Hall–Kier alpha value is -2.20. The summed E-state index contributed by atoms with van der Waals surface area (Å²) in [4.78, 5) is 0. The number of hydrogen-bond donors (Lipinski definition) is 2. The molecular formula is C13H8ClNO3. The number of aromatic nitrogens is 1. The van der Waals surface area contributed by atoms with E-state index in [4.69, 9.17) is 16.1 Å². The average Bonchev–Trinajstić information content (AvgIpc) is 2.81. The lowest BCUT2D eigenvalue weighted by Crippen LogP contribution is -1.78. The first-order valence-electron chi connectivity index (χ1n) is 5.23. The van der Waals surface area contributed by atoms with E-state index in [1.54, 1.807) is 0 Å². The van der Waals surface area contributed by atoms with E-state index >= 15 is 0 Å². The van der Waals surface area contributed by atoms with E-state index in [0.29, 0.717) is 11.1 Å². The van der Waals surface area contributed by atoms with Crippen molar-refractivity contribution in [2.75, 3.05) is 0 Å². The van der Waals surface area contributed by atoms with Crippen LogP contribution in [0.2, 0.25) is 5.02 Å². The van der Waals surface area contributed by atoms with Crippen LogP contribution in [0.25, 0.3) is 22.2 Å². The average molecular weight is 262 g/mol. The molecule has 1 aromatic heterocycles. The number of halogens is 1. The number of phenolic OH excluding ortho intramolecular Hbond substituents is 2. The molecule has 0 amide bonds. The Morgan fingerprint density at radius 2 is 1.83 bits per heavy atom. The summed E-state index contributed by atoms with van der Waals surface area (Å²) in [6.07, 6.45) is 0. The molecule has 0 spiro atoms. The zero-order valence-corrected chi connectivity index (χ0v) is 9.85. The highest BCUT2D eigenvalue weighted by atomic mass is 35.5. The summed E-state index contributed by atoms with van der Waals surface area (Å²) < 4.78 is 5.12. The minimum absolute atomic E-state index is 0.0420. The Morgan fingerprint density at radius 1 is 1.11 bits per heavy atom. The lowest BCUT2D eigenvalue weighted by Gasteiger charge is -2.00. The molecule has 0 radical (unpaired) electrons. The van der Waals surface area contributed by atoms with Gasteiger partial charge in [-0.3, -0.25) is 0 Å². The van der Waals surface area contributed by atoms with E-state index in [2.05, 4.69) is 5.16 Å². The van der Waals surface area contributed by atoms with Crippen molar-refractivity contribution in [2.45, 2.75) is 0 Å². The lowest BCUT2D eigenvalue weighted by atomic mass is 10.1. The van der Waals surface area contributed by atoms with Crippen LogP contribution in [0.5, 0.6) is 11.5 Å². The number of aromatic hydroxyl groups is 2. The number of rotatable bonds is 1. The Balaban J connectivity index is 2.34. The summed E-state index contributed by atoms with van der Waals surface area (Å²) >= 11 is 5.89. The van der Waals surface area contributed by atoms with E-state index in [-0.39, 0.29) is 16.4 Å². The number of benzene rings is 2. The first kappa shape index (κ1) is 10.9. The largest absolute Gasteiger partial charge is 0.504 e. The maximum Gasteiger partial charge on any atom is 0.190 e. The van der Waals surface area contributed by atoms with Crippen LogP contribution in [0.15, 0.2) is 40.9 Å². The number of fused-ring (bicyclic) bond motifs is 1. The van der Waals surface area contributed by atoms with E-state index < -0.39 is 5.75 Å². The molecule has 18 heavy (non-hydrogen) atoms. The van der Waals surface area contributed by atoms with Crippen LogP contribution in [0.3, 0.4) is 0 Å². The molecule has 0 aliphatic heterocycles. The molecule has 0 unspecified atom stereocenters. The number of hydrogen-bond acceptors (Lipinski definition) is 4. The van der Waals surface area contributed by atoms with Crippen LogP contribution in [0.1, 0.15) is 0 Å². The maximum absolute atomic E-state index is 9.58. The van der Waals surface area contributed by atoms with Gasteiger partial charge in [0.15, 0.2) is 17.1 Å². The van der Waals surface area contributed by atoms with Crippen LogP contribution in [0.4, 0.5) is 0 Å². The van der Waals surface area contributed by atoms with Gasteiger partial charge in [-0.1, -0.05) is 47.1 Å². The van der Waals surface area contributed by atoms with Crippen molar-refractivity contribution >= 4 is 22.6 Å². The third kappa shape index (κ3) is 1.50. The Bertz CT molecular complexity index is 722. The van der Waals surface area contributed by atoms with Crippen LogP contribution in [-0.4, -0.2) is 15.4 Å². The van der Waals surface area contributed by atoms with Gasteiger partial charge in [-0.2, -0.15) is 0 Å². The normalized spacial score (nSPS) is 10.9. The van der Waals surface area contributed by atoms with Crippen LogP contribution >= 0.6 is 11.6 Å². The third-order valence-electron chi connectivity index (χ3n) is 2.71. The van der Waals surface area contributed by atoms with Crippen molar-refractivity contribution in [1.82, 2.24) is 5.16 Å². The van der Waals surface area contributed by atoms with E-state index in [1.165, 1.54) is 6.07 Å². The van der Waals surface area contributed by atoms with Gasteiger partial charge in [-0.15, -0.1) is 0 Å². The Labute approximate surface area is 107 Å². The van der Waals surface area contributed by atoms with Gasteiger partial charge in [0.1, 0.15) is 10.7 Å². The molecule has 0 aliphatic carbocycles. The van der Waals surface area contributed by atoms with E-state index in [9.17, 15) is 10.2 Å². The summed E-state index contributed by atoms with van der Waals surface area (Å²) in [6, 6.07) is 10.8. The summed E-state index contributed by atoms with van der Waals surface area (Å²) in [6.45, 7) is 0. The molecule has 0 aliphatic rings. The Kier molecular flexibility index (Phi) is 2.38. The van der Waals surface area contributed by atoms with Crippen molar-refractivity contribution in [3.8, 4) is 22.8 Å². The fourth-order valence-corrected chi connectivity index (χ4v) is 2.05. The van der Waals surface area contributed by atoms with Gasteiger partial charge in [0, 0.05) is 5.56 Å². The minimum Gasteiger partial charge on any atom is -0.504 e. The van der Waals surface area contributed by atoms with Crippen molar-refractivity contribution in [1.29, 1.82) is 0 Å². The highest BCUT2D eigenvalue weighted by Gasteiger charge is 2.18. The second-order valence-corrected chi connectivity index (χ2v) is 4.21. The van der Waals surface area contributed by atoms with Crippen molar-refractivity contribution in [3.63, 3.8) is 0 Å². The van der Waals surface area contributed by atoms with Crippen LogP contribution < -0.4 is 0 Å². The Morgan fingerprint density at radius 3 is 2.56 bits per heavy atom. The molecule has 1 heterocycles. The molecular weight excluding hydrogens is 254 g/mol. The maximum atomic E-state index is 9.58. The molecule has 0 saturated carbocycles. The second-order valence-electron chi connectivity index (χ2n) is 3.83. The predicted molar refractivity (Wildman–Crippen MR) is 67.8 cm³/mol. The van der Waals surface area contributed by atoms with E-state index in [1.807, 2.05) is 30.3 Å². The first-order valence-corrected chi connectivity index (χ1v) is 5.61. The lowest BCUT2D eigenvalue weighted by molar-refractivity contribution is 0.402. The smallest absolute Gasteiger partial charge is 0.190 e. The molecule has 3 rings (SSSR count). The molecule has 0 fully saturated rings. The van der Waals surface area contributed by atoms with Gasteiger partial charge in [0.05, 0.1) is 5.39 Å². The highest BCUT2D eigenvalue weighted by Crippen LogP contribution is 2.42. The summed E-state index contributed by atoms with van der Waals surface area (Å²) in [5.41, 5.74) is 1.67. The van der Waals surface area contributed by atoms with Gasteiger partial charge in [-0.25, -0.2) is 0 Å². The quantitative estimate of drug-likeness (QED) is 0.657. The molecule has 2 aromatic carbocycles. The van der Waals surface area contributed by atoms with Crippen LogP contribution in [0, 0.1) is 0 Å². The van der Waals surface area contributed by atoms with Gasteiger partial charge < -0.3 is 14.7 Å². The number of phenols is 2. The van der Waals surface area contributed by atoms with Gasteiger partial charge >= 0.3 is 0 Å². The molecule has 5 heteroatoms. The zero-order valence-electron chi connectivity index (χ0n) is 9.09. The van der Waals surface area contributed by atoms with Crippen molar-refractivity contribution < 1.29 is 14.7 Å². The molecule has 2 N–H and O–H groups in total. The summed E-state index contributed by atoms with van der Waals surface area (Å²) in [7, 11) is 0. The molecule has 0 saturated heterocycles.